The number of hydrogen-bond acceptors (Lipinski definition) is 2. The number of halogens is 3. The average Bonchev–Trinajstić information content (AvgIpc) is 2.39. The van der Waals surface area contributed by atoms with E-state index >= 15 is 0 Å². The SMILES string of the molecule is O=C(O)C(Nc1cccc(F)c1)c1ccc(F)c(Cl)c1. The molecule has 6 heteroatoms. The summed E-state index contributed by atoms with van der Waals surface area (Å²) in [7, 11) is 0. The lowest BCUT2D eigenvalue weighted by molar-refractivity contribution is -0.138. The van der Waals surface area contributed by atoms with Gasteiger partial charge in [0.05, 0.1) is 5.02 Å². The molecule has 20 heavy (non-hydrogen) atoms. The zero-order chi connectivity index (χ0) is 14.7. The van der Waals surface area contributed by atoms with E-state index in [9.17, 15) is 18.7 Å². The number of anilines is 1. The molecule has 0 bridgehead atoms. The molecule has 0 saturated carbocycles. The molecule has 1 atom stereocenters. The first kappa shape index (κ1) is 14.3. The van der Waals surface area contributed by atoms with Crippen molar-refractivity contribution in [1.82, 2.24) is 0 Å². The minimum atomic E-state index is -1.18. The van der Waals surface area contributed by atoms with Gasteiger partial charge in [-0.1, -0.05) is 23.7 Å². The number of carbonyl (C=O) groups is 1. The van der Waals surface area contributed by atoms with Gasteiger partial charge in [0, 0.05) is 5.69 Å². The zero-order valence-electron chi connectivity index (χ0n) is 10.1. The highest BCUT2D eigenvalue weighted by molar-refractivity contribution is 6.30. The molecule has 3 nitrogen and oxygen atoms in total. The molecule has 2 rings (SSSR count). The van der Waals surface area contributed by atoms with Gasteiger partial charge in [0.2, 0.25) is 0 Å². The first-order valence-corrected chi connectivity index (χ1v) is 6.05. The minimum Gasteiger partial charge on any atom is -0.479 e. The number of carboxylic acids is 1. The lowest BCUT2D eigenvalue weighted by atomic mass is 10.1. The van der Waals surface area contributed by atoms with Gasteiger partial charge in [0.1, 0.15) is 11.6 Å². The Morgan fingerprint density at radius 2 is 1.95 bits per heavy atom. The Hall–Kier alpha value is -2.14. The maximum absolute atomic E-state index is 13.1. The van der Waals surface area contributed by atoms with Gasteiger partial charge in [-0.2, -0.15) is 0 Å². The van der Waals surface area contributed by atoms with Crippen LogP contribution in [0.15, 0.2) is 42.5 Å². The summed E-state index contributed by atoms with van der Waals surface area (Å²) in [5.41, 5.74) is 0.575. The molecule has 0 radical (unpaired) electrons. The third-order valence-electron chi connectivity index (χ3n) is 2.66. The van der Waals surface area contributed by atoms with Crippen molar-refractivity contribution >= 4 is 23.3 Å². The van der Waals surface area contributed by atoms with Crippen molar-refractivity contribution in [2.45, 2.75) is 6.04 Å². The normalized spacial score (nSPS) is 11.9. The van der Waals surface area contributed by atoms with Crippen LogP contribution in [0.25, 0.3) is 0 Å². The molecule has 2 aromatic rings. The molecule has 2 N–H and O–H groups in total. The van der Waals surface area contributed by atoms with Crippen LogP contribution in [-0.2, 0) is 4.79 Å². The molecule has 0 spiro atoms. The molecule has 0 aliphatic rings. The fraction of sp³-hybridized carbons (Fsp3) is 0.0714. The van der Waals surface area contributed by atoms with Gasteiger partial charge in [0.25, 0.3) is 0 Å². The zero-order valence-corrected chi connectivity index (χ0v) is 10.9. The third-order valence-corrected chi connectivity index (χ3v) is 2.95. The summed E-state index contributed by atoms with van der Waals surface area (Å²) in [5, 5.41) is 11.7. The van der Waals surface area contributed by atoms with E-state index in [0.717, 1.165) is 6.07 Å². The van der Waals surface area contributed by atoms with Crippen molar-refractivity contribution in [1.29, 1.82) is 0 Å². The first-order chi connectivity index (χ1) is 9.47. The maximum Gasteiger partial charge on any atom is 0.330 e. The number of nitrogens with one attached hydrogen (secondary N) is 1. The molecule has 0 aromatic heterocycles. The summed E-state index contributed by atoms with van der Waals surface area (Å²) in [6, 6.07) is 7.86. The standard InChI is InChI=1S/C14H10ClF2NO2/c15-11-6-8(4-5-12(11)17)13(14(19)20)18-10-3-1-2-9(16)7-10/h1-7,13,18H,(H,19,20). The van der Waals surface area contributed by atoms with E-state index < -0.39 is 23.6 Å². The predicted octanol–water partition coefficient (Wildman–Crippen LogP) is 3.86. The van der Waals surface area contributed by atoms with Gasteiger partial charge in [-0.3, -0.25) is 0 Å². The van der Waals surface area contributed by atoms with Gasteiger partial charge in [0.15, 0.2) is 6.04 Å². The van der Waals surface area contributed by atoms with E-state index in [1.807, 2.05) is 0 Å². The molecule has 0 aliphatic carbocycles. The van der Waals surface area contributed by atoms with Crippen molar-refractivity contribution in [3.63, 3.8) is 0 Å². The Kier molecular flexibility index (Phi) is 4.20. The smallest absolute Gasteiger partial charge is 0.330 e. The van der Waals surface area contributed by atoms with E-state index in [1.165, 1.54) is 36.4 Å². The third kappa shape index (κ3) is 3.24. The molecule has 0 saturated heterocycles. The van der Waals surface area contributed by atoms with E-state index in [0.29, 0.717) is 5.69 Å². The van der Waals surface area contributed by atoms with Crippen LogP contribution in [0.3, 0.4) is 0 Å². The highest BCUT2D eigenvalue weighted by Gasteiger charge is 2.20. The summed E-state index contributed by atoms with van der Waals surface area (Å²) in [5.74, 6) is -2.31. The first-order valence-electron chi connectivity index (χ1n) is 5.67. The van der Waals surface area contributed by atoms with Crippen LogP contribution >= 0.6 is 11.6 Å². The summed E-state index contributed by atoms with van der Waals surface area (Å²) in [6.45, 7) is 0. The summed E-state index contributed by atoms with van der Waals surface area (Å²) in [4.78, 5) is 11.3. The van der Waals surface area contributed by atoms with Crippen molar-refractivity contribution < 1.29 is 18.7 Å². The average molecular weight is 298 g/mol. The molecule has 2 aromatic carbocycles. The van der Waals surface area contributed by atoms with Gasteiger partial charge in [-0.25, -0.2) is 13.6 Å². The Balaban J connectivity index is 2.32. The molecule has 0 aliphatic heterocycles. The van der Waals surface area contributed by atoms with Crippen molar-refractivity contribution in [3.05, 3.63) is 64.7 Å². The monoisotopic (exact) mass is 297 g/mol. The van der Waals surface area contributed by atoms with Crippen molar-refractivity contribution in [3.8, 4) is 0 Å². The molecular weight excluding hydrogens is 288 g/mol. The Morgan fingerprint density at radius 1 is 1.20 bits per heavy atom. The predicted molar refractivity (Wildman–Crippen MR) is 71.8 cm³/mol. The van der Waals surface area contributed by atoms with Gasteiger partial charge < -0.3 is 10.4 Å². The van der Waals surface area contributed by atoms with E-state index in [4.69, 9.17) is 11.6 Å². The van der Waals surface area contributed by atoms with Crippen molar-refractivity contribution in [2.24, 2.45) is 0 Å². The fourth-order valence-corrected chi connectivity index (χ4v) is 1.91. The Bertz CT molecular complexity index is 649. The minimum absolute atomic E-state index is 0.171. The van der Waals surface area contributed by atoms with Crippen LogP contribution in [0.5, 0.6) is 0 Å². The van der Waals surface area contributed by atoms with Gasteiger partial charge in [-0.05, 0) is 35.9 Å². The van der Waals surface area contributed by atoms with Crippen LogP contribution in [0.1, 0.15) is 11.6 Å². The second-order valence-electron chi connectivity index (χ2n) is 4.10. The molecule has 0 fully saturated rings. The number of aliphatic carboxylic acids is 1. The second-order valence-corrected chi connectivity index (χ2v) is 4.51. The van der Waals surface area contributed by atoms with E-state index in [2.05, 4.69) is 5.32 Å². The van der Waals surface area contributed by atoms with Crippen LogP contribution in [0.4, 0.5) is 14.5 Å². The van der Waals surface area contributed by atoms with Crippen LogP contribution in [0, 0.1) is 11.6 Å². The highest BCUT2D eigenvalue weighted by atomic mass is 35.5. The van der Waals surface area contributed by atoms with Crippen molar-refractivity contribution in [2.75, 3.05) is 5.32 Å². The highest BCUT2D eigenvalue weighted by Crippen LogP contribution is 2.24. The lowest BCUT2D eigenvalue weighted by Crippen LogP contribution is -2.20. The summed E-state index contributed by atoms with van der Waals surface area (Å²) < 4.78 is 26.2. The van der Waals surface area contributed by atoms with Gasteiger partial charge in [-0.15, -0.1) is 0 Å². The topological polar surface area (TPSA) is 49.3 Å². The van der Waals surface area contributed by atoms with Crippen LogP contribution < -0.4 is 5.32 Å². The fourth-order valence-electron chi connectivity index (χ4n) is 1.72. The largest absolute Gasteiger partial charge is 0.479 e. The second kappa shape index (κ2) is 5.88. The van der Waals surface area contributed by atoms with Crippen LogP contribution in [-0.4, -0.2) is 11.1 Å². The van der Waals surface area contributed by atoms with Crippen LogP contribution in [0.2, 0.25) is 5.02 Å². The van der Waals surface area contributed by atoms with E-state index in [-0.39, 0.29) is 10.6 Å². The van der Waals surface area contributed by atoms with E-state index in [1.54, 1.807) is 0 Å². The quantitative estimate of drug-likeness (QED) is 0.901. The maximum atomic E-state index is 13.1. The number of benzene rings is 2. The Labute approximate surface area is 118 Å². The Morgan fingerprint density at radius 3 is 2.55 bits per heavy atom. The molecule has 0 heterocycles. The summed E-state index contributed by atoms with van der Waals surface area (Å²) >= 11 is 5.64. The molecule has 0 amide bonds. The molecular formula is C14H10ClF2NO2. The summed E-state index contributed by atoms with van der Waals surface area (Å²) in [6.07, 6.45) is 0. The number of hydrogen-bond donors (Lipinski definition) is 2. The van der Waals surface area contributed by atoms with Gasteiger partial charge >= 0.3 is 5.97 Å². The number of carboxylic acid groups (broad SMARTS) is 1. The molecule has 1 unspecified atom stereocenters. The lowest BCUT2D eigenvalue weighted by Gasteiger charge is -2.16. The molecule has 104 valence electrons. The number of rotatable bonds is 4.